The molecule has 0 radical (unpaired) electrons. The molecule has 1 aromatic carbocycles. The average molecular weight is 436 g/mol. The Morgan fingerprint density at radius 2 is 1.81 bits per heavy atom. The van der Waals surface area contributed by atoms with Crippen LogP contribution in [0.1, 0.15) is 45.7 Å². The van der Waals surface area contributed by atoms with Crippen LogP contribution in [-0.4, -0.2) is 80.4 Å². The second-order valence-electron chi connectivity index (χ2n) is 7.98. The van der Waals surface area contributed by atoms with Gasteiger partial charge in [-0.05, 0) is 19.9 Å². The van der Waals surface area contributed by atoms with Crippen LogP contribution in [0.4, 0.5) is 0 Å². The van der Waals surface area contributed by atoms with Crippen LogP contribution in [0.2, 0.25) is 0 Å². The minimum Gasteiger partial charge on any atom is -0.482 e. The molecule has 0 amide bonds. The minimum atomic E-state index is -1.80. The topological polar surface area (TPSA) is 180 Å². The van der Waals surface area contributed by atoms with Gasteiger partial charge in [0.2, 0.25) is 17.9 Å². The first-order chi connectivity index (χ1) is 14.5. The molecule has 2 aliphatic heterocycles. The van der Waals surface area contributed by atoms with E-state index in [1.165, 1.54) is 6.07 Å². The number of aliphatic hydroxyl groups is 4. The molecule has 166 valence electrons. The maximum Gasteiger partial charge on any atom is 0.340 e. The highest BCUT2D eigenvalue weighted by Gasteiger charge is 2.48. The lowest BCUT2D eigenvalue weighted by molar-refractivity contribution is -0.277. The summed E-state index contributed by atoms with van der Waals surface area (Å²) in [5, 5.41) is 49.3. The van der Waals surface area contributed by atoms with Gasteiger partial charge in [-0.15, -0.1) is 0 Å². The number of aromatic carboxylic acids is 1. The fourth-order valence-electron chi connectivity index (χ4n) is 4.00. The summed E-state index contributed by atoms with van der Waals surface area (Å²) >= 11 is 0. The van der Waals surface area contributed by atoms with Crippen molar-refractivity contribution in [1.29, 1.82) is 0 Å². The van der Waals surface area contributed by atoms with Crippen molar-refractivity contribution in [2.45, 2.75) is 50.2 Å². The molecule has 0 bridgehead atoms. The van der Waals surface area contributed by atoms with Crippen molar-refractivity contribution >= 4 is 23.3 Å². The molecule has 31 heavy (non-hydrogen) atoms. The van der Waals surface area contributed by atoms with Crippen LogP contribution in [0.5, 0.6) is 5.75 Å². The zero-order valence-corrected chi connectivity index (χ0v) is 16.4. The number of carboxylic acid groups (broad SMARTS) is 1. The van der Waals surface area contributed by atoms with Crippen LogP contribution in [0.15, 0.2) is 12.1 Å². The van der Waals surface area contributed by atoms with Gasteiger partial charge in [0.25, 0.3) is 0 Å². The van der Waals surface area contributed by atoms with Crippen LogP contribution in [0, 0.1) is 0 Å². The molecular weight excluding hydrogens is 416 g/mol. The zero-order valence-electron chi connectivity index (χ0n) is 16.4. The van der Waals surface area contributed by atoms with Gasteiger partial charge in [-0.25, -0.2) is 4.79 Å². The molecule has 1 aliphatic carbocycles. The van der Waals surface area contributed by atoms with Gasteiger partial charge in [0, 0.05) is 17.2 Å². The fourth-order valence-corrected chi connectivity index (χ4v) is 4.00. The lowest BCUT2D eigenvalue weighted by Crippen LogP contribution is -2.60. The summed E-state index contributed by atoms with van der Waals surface area (Å²) < 4.78 is 16.6. The SMILES string of the molecule is CC1(C)OC2=CC(=O)C(=O)c3c(C(=O)O)c(O[C@@H]4O[C@H](CO)[C@@H](O)[C@H](O)[C@H]4O)cc1c32. The lowest BCUT2D eigenvalue weighted by atomic mass is 9.83. The van der Waals surface area contributed by atoms with Gasteiger partial charge in [0.1, 0.15) is 47.1 Å². The van der Waals surface area contributed by atoms with Crippen LogP contribution < -0.4 is 4.74 Å². The third kappa shape index (κ3) is 3.13. The highest BCUT2D eigenvalue weighted by molar-refractivity contribution is 6.51. The first-order valence-electron chi connectivity index (χ1n) is 9.39. The van der Waals surface area contributed by atoms with Crippen LogP contribution in [-0.2, 0) is 19.9 Å². The van der Waals surface area contributed by atoms with Crippen LogP contribution in [0.25, 0.3) is 5.76 Å². The second-order valence-corrected chi connectivity index (χ2v) is 7.98. The molecule has 5 N–H and O–H groups in total. The number of ketones is 2. The van der Waals surface area contributed by atoms with Crippen molar-refractivity contribution in [3.63, 3.8) is 0 Å². The maximum atomic E-state index is 12.6. The monoisotopic (exact) mass is 436 g/mol. The molecule has 1 saturated heterocycles. The van der Waals surface area contributed by atoms with E-state index in [1.807, 2.05) is 0 Å². The van der Waals surface area contributed by atoms with Crippen LogP contribution in [0.3, 0.4) is 0 Å². The number of aliphatic hydroxyl groups excluding tert-OH is 4. The van der Waals surface area contributed by atoms with E-state index in [2.05, 4.69) is 0 Å². The normalized spacial score (nSPS) is 31.0. The molecule has 1 aromatic rings. The summed E-state index contributed by atoms with van der Waals surface area (Å²) in [5.74, 6) is -3.94. The fraction of sp³-hybridized carbons (Fsp3) is 0.450. The van der Waals surface area contributed by atoms with Gasteiger partial charge in [0.05, 0.1) is 12.2 Å². The smallest absolute Gasteiger partial charge is 0.340 e. The summed E-state index contributed by atoms with van der Waals surface area (Å²) in [6, 6.07) is 1.30. The van der Waals surface area contributed by atoms with E-state index in [1.54, 1.807) is 13.8 Å². The van der Waals surface area contributed by atoms with Crippen molar-refractivity contribution in [2.75, 3.05) is 6.61 Å². The van der Waals surface area contributed by atoms with Crippen molar-refractivity contribution < 1.29 is 54.1 Å². The zero-order chi connectivity index (χ0) is 22.8. The first-order valence-corrected chi connectivity index (χ1v) is 9.39. The van der Waals surface area contributed by atoms with Crippen molar-refractivity contribution in [2.24, 2.45) is 0 Å². The number of carbonyl (C=O) groups is 3. The molecule has 5 atom stereocenters. The Hall–Kier alpha value is -2.83. The molecule has 0 spiro atoms. The highest BCUT2D eigenvalue weighted by Crippen LogP contribution is 2.49. The summed E-state index contributed by atoms with van der Waals surface area (Å²) in [6.45, 7) is 2.58. The quantitative estimate of drug-likeness (QED) is 0.363. The largest absolute Gasteiger partial charge is 0.482 e. The molecule has 2 heterocycles. The Balaban J connectivity index is 1.87. The third-order valence-corrected chi connectivity index (χ3v) is 5.57. The maximum absolute atomic E-state index is 12.6. The van der Waals surface area contributed by atoms with Crippen molar-refractivity contribution in [3.8, 4) is 5.75 Å². The number of benzene rings is 1. The van der Waals surface area contributed by atoms with Gasteiger partial charge >= 0.3 is 5.97 Å². The Morgan fingerprint density at radius 3 is 2.42 bits per heavy atom. The second kappa shape index (κ2) is 7.11. The summed E-state index contributed by atoms with van der Waals surface area (Å²) in [7, 11) is 0. The highest BCUT2D eigenvalue weighted by atomic mass is 16.7. The first kappa shape index (κ1) is 21.4. The van der Waals surface area contributed by atoms with E-state index in [-0.39, 0.29) is 11.3 Å². The third-order valence-electron chi connectivity index (χ3n) is 5.57. The molecule has 11 heteroatoms. The number of carbonyl (C=O) groups excluding carboxylic acids is 2. The molecule has 3 aliphatic rings. The van der Waals surface area contributed by atoms with Gasteiger partial charge in [-0.1, -0.05) is 0 Å². The number of hydrogen-bond acceptors (Lipinski definition) is 10. The lowest BCUT2D eigenvalue weighted by Gasteiger charge is -2.39. The predicted octanol–water partition coefficient (Wildman–Crippen LogP) is -1.06. The number of ether oxygens (including phenoxy) is 3. The molecule has 0 saturated carbocycles. The number of Topliss-reactive ketones (excluding diaryl/α,β-unsaturated/α-hetero) is 1. The summed E-state index contributed by atoms with van der Waals surface area (Å²) in [4.78, 5) is 36.9. The van der Waals surface area contributed by atoms with Gasteiger partial charge < -0.3 is 39.7 Å². The van der Waals surface area contributed by atoms with E-state index in [0.29, 0.717) is 5.56 Å². The van der Waals surface area contributed by atoms with E-state index < -0.39 is 77.3 Å². The molecule has 1 fully saturated rings. The molecule has 4 rings (SSSR count). The minimum absolute atomic E-state index is 0.0708. The Bertz CT molecular complexity index is 1020. The molecule has 0 unspecified atom stereocenters. The van der Waals surface area contributed by atoms with E-state index in [0.717, 1.165) is 6.08 Å². The molecule has 0 aromatic heterocycles. The number of hydrogen-bond donors (Lipinski definition) is 5. The van der Waals surface area contributed by atoms with Crippen molar-refractivity contribution in [3.05, 3.63) is 34.4 Å². The van der Waals surface area contributed by atoms with Gasteiger partial charge in [-0.3, -0.25) is 9.59 Å². The Morgan fingerprint density at radius 1 is 1.13 bits per heavy atom. The number of rotatable bonds is 4. The standard InChI is InChI=1S/C20H20O11/c1-20(2)6-3-8(29-19-17(26)16(25)15(24)10(5-21)30-19)12(18(27)28)13-11(6)9(31-20)4-7(22)14(13)23/h3-4,10,15-17,19,21,24-26H,5H2,1-2H3,(H,27,28)/t10-,15-,16+,17-,19-/m1/s1. The molecule has 11 nitrogen and oxygen atoms in total. The average Bonchev–Trinajstić information content (AvgIpc) is 2.95. The number of allylic oxidation sites excluding steroid dienone is 1. The van der Waals surface area contributed by atoms with E-state index in [9.17, 15) is 39.9 Å². The molecular formula is C20H20O11. The van der Waals surface area contributed by atoms with Gasteiger partial charge in [0.15, 0.2) is 0 Å². The number of carboxylic acids is 1. The Labute approximate surface area is 175 Å². The van der Waals surface area contributed by atoms with Gasteiger partial charge in [-0.2, -0.15) is 0 Å². The van der Waals surface area contributed by atoms with E-state index >= 15 is 0 Å². The van der Waals surface area contributed by atoms with E-state index in [4.69, 9.17) is 14.2 Å². The summed E-state index contributed by atoms with van der Waals surface area (Å²) in [5.41, 5.74) is -1.53. The van der Waals surface area contributed by atoms with Crippen LogP contribution >= 0.6 is 0 Å². The van der Waals surface area contributed by atoms with Crippen molar-refractivity contribution in [1.82, 2.24) is 0 Å². The predicted molar refractivity (Wildman–Crippen MR) is 99.2 cm³/mol. The summed E-state index contributed by atoms with van der Waals surface area (Å²) in [6.07, 6.45) is -7.17. The Kier molecular flexibility index (Phi) is 4.91.